The maximum atomic E-state index is 3.76. The first-order chi connectivity index (χ1) is 7.84. The molecule has 0 unspecified atom stereocenters. The van der Waals surface area contributed by atoms with E-state index in [-0.39, 0.29) is 0 Å². The Balaban J connectivity index is 1.53. The van der Waals surface area contributed by atoms with E-state index in [2.05, 4.69) is 17.3 Å². The molecule has 1 N–H and O–H groups in total. The van der Waals surface area contributed by atoms with E-state index < -0.39 is 0 Å². The third-order valence-corrected chi connectivity index (χ3v) is 4.43. The predicted molar refractivity (Wildman–Crippen MR) is 69.7 cm³/mol. The summed E-state index contributed by atoms with van der Waals surface area (Å²) >= 11 is 0. The van der Waals surface area contributed by atoms with Gasteiger partial charge in [-0.15, -0.1) is 0 Å². The number of piperidine rings is 1. The van der Waals surface area contributed by atoms with Crippen LogP contribution in [0.4, 0.5) is 0 Å². The van der Waals surface area contributed by atoms with Crippen LogP contribution >= 0.6 is 0 Å². The molecule has 1 saturated heterocycles. The van der Waals surface area contributed by atoms with E-state index in [0.29, 0.717) is 0 Å². The number of rotatable bonds is 4. The number of hydrogen-bond acceptors (Lipinski definition) is 2. The smallest absolute Gasteiger partial charge is 0.00914 e. The number of nitrogens with zero attached hydrogens (tertiary/aromatic N) is 1. The van der Waals surface area contributed by atoms with Crippen LogP contribution in [-0.2, 0) is 0 Å². The van der Waals surface area contributed by atoms with Crippen molar-refractivity contribution in [1.29, 1.82) is 0 Å². The van der Waals surface area contributed by atoms with Gasteiger partial charge in [-0.3, -0.25) is 0 Å². The minimum atomic E-state index is 0.805. The van der Waals surface area contributed by atoms with Crippen molar-refractivity contribution in [2.75, 3.05) is 26.7 Å². The Bertz CT molecular complexity index is 179. The maximum absolute atomic E-state index is 3.76. The third kappa shape index (κ3) is 4.06. The fourth-order valence-electron chi connectivity index (χ4n) is 3.18. The Morgan fingerprint density at radius 1 is 1.00 bits per heavy atom. The molecule has 0 aromatic rings. The van der Waals surface area contributed by atoms with Crippen LogP contribution in [-0.4, -0.2) is 37.6 Å². The lowest BCUT2D eigenvalue weighted by Crippen LogP contribution is -2.41. The van der Waals surface area contributed by atoms with Gasteiger partial charge in [-0.25, -0.2) is 0 Å². The number of likely N-dealkylation sites (tertiary alicyclic amines) is 1. The Morgan fingerprint density at radius 2 is 1.69 bits per heavy atom. The molecule has 1 heterocycles. The first-order valence-corrected chi connectivity index (χ1v) is 7.26. The molecule has 0 atom stereocenters. The van der Waals surface area contributed by atoms with Gasteiger partial charge in [-0.1, -0.05) is 32.1 Å². The highest BCUT2D eigenvalue weighted by atomic mass is 15.1. The molecule has 1 aliphatic carbocycles. The molecule has 0 bridgehead atoms. The Kier molecular flexibility index (Phi) is 5.11. The molecule has 0 radical (unpaired) electrons. The first-order valence-electron chi connectivity index (χ1n) is 7.26. The molecule has 2 heteroatoms. The lowest BCUT2D eigenvalue weighted by Gasteiger charge is -2.30. The Labute approximate surface area is 101 Å². The zero-order valence-corrected chi connectivity index (χ0v) is 10.9. The van der Waals surface area contributed by atoms with Gasteiger partial charge in [-0.2, -0.15) is 0 Å². The van der Waals surface area contributed by atoms with E-state index >= 15 is 0 Å². The minimum Gasteiger partial charge on any atom is -0.314 e. The largest absolute Gasteiger partial charge is 0.314 e. The van der Waals surface area contributed by atoms with Gasteiger partial charge in [0.25, 0.3) is 0 Å². The summed E-state index contributed by atoms with van der Waals surface area (Å²) in [4.78, 5) is 2.44. The van der Waals surface area contributed by atoms with Gasteiger partial charge in [-0.05, 0) is 51.9 Å². The number of hydrogen-bond donors (Lipinski definition) is 1. The van der Waals surface area contributed by atoms with Crippen molar-refractivity contribution in [1.82, 2.24) is 10.2 Å². The second-order valence-electron chi connectivity index (χ2n) is 5.82. The Hall–Kier alpha value is -0.0800. The lowest BCUT2D eigenvalue weighted by molar-refractivity contribution is 0.230. The Morgan fingerprint density at radius 3 is 2.38 bits per heavy atom. The summed E-state index contributed by atoms with van der Waals surface area (Å²) in [7, 11) is 2.23. The summed E-state index contributed by atoms with van der Waals surface area (Å²) in [6.07, 6.45) is 11.6. The van der Waals surface area contributed by atoms with Crippen LogP contribution in [0.5, 0.6) is 0 Å². The third-order valence-electron chi connectivity index (χ3n) is 4.43. The lowest BCUT2D eigenvalue weighted by atomic mass is 9.87. The van der Waals surface area contributed by atoms with Crippen molar-refractivity contribution >= 4 is 0 Å². The van der Waals surface area contributed by atoms with Crippen LogP contribution in [0.15, 0.2) is 0 Å². The highest BCUT2D eigenvalue weighted by Gasteiger charge is 2.17. The van der Waals surface area contributed by atoms with Gasteiger partial charge in [0.05, 0.1) is 0 Å². The van der Waals surface area contributed by atoms with E-state index in [1.807, 2.05) is 0 Å². The maximum Gasteiger partial charge on any atom is 0.00914 e. The number of nitrogens with one attached hydrogen (secondary N) is 1. The van der Waals surface area contributed by atoms with Crippen molar-refractivity contribution < 1.29 is 0 Å². The van der Waals surface area contributed by atoms with Crippen molar-refractivity contribution in [3.63, 3.8) is 0 Å². The fraction of sp³-hybridized carbons (Fsp3) is 1.00. The molecule has 16 heavy (non-hydrogen) atoms. The molecule has 0 aromatic heterocycles. The zero-order valence-electron chi connectivity index (χ0n) is 10.9. The van der Waals surface area contributed by atoms with Gasteiger partial charge < -0.3 is 10.2 Å². The summed E-state index contributed by atoms with van der Waals surface area (Å²) in [5.74, 6) is 1.03. The van der Waals surface area contributed by atoms with E-state index in [1.165, 1.54) is 71.0 Å². The summed E-state index contributed by atoms with van der Waals surface area (Å²) in [5, 5.41) is 3.76. The molecular weight excluding hydrogens is 196 g/mol. The molecule has 1 aliphatic heterocycles. The average Bonchev–Trinajstić information content (AvgIpc) is 2.33. The molecule has 2 aliphatic rings. The van der Waals surface area contributed by atoms with Gasteiger partial charge >= 0.3 is 0 Å². The molecule has 0 amide bonds. The van der Waals surface area contributed by atoms with Gasteiger partial charge in [0.15, 0.2) is 0 Å². The summed E-state index contributed by atoms with van der Waals surface area (Å²) in [6, 6.07) is 0.805. The van der Waals surface area contributed by atoms with Crippen molar-refractivity contribution in [2.45, 2.75) is 57.4 Å². The van der Waals surface area contributed by atoms with E-state index in [4.69, 9.17) is 0 Å². The molecule has 2 nitrogen and oxygen atoms in total. The van der Waals surface area contributed by atoms with Crippen LogP contribution in [0.1, 0.15) is 51.4 Å². The van der Waals surface area contributed by atoms with Crippen LogP contribution in [0.2, 0.25) is 0 Å². The first kappa shape index (κ1) is 12.4. The van der Waals surface area contributed by atoms with Crippen LogP contribution in [0.3, 0.4) is 0 Å². The second-order valence-corrected chi connectivity index (χ2v) is 5.82. The van der Waals surface area contributed by atoms with Crippen LogP contribution < -0.4 is 5.32 Å². The van der Waals surface area contributed by atoms with Gasteiger partial charge in [0, 0.05) is 6.04 Å². The van der Waals surface area contributed by atoms with Gasteiger partial charge in [0.2, 0.25) is 0 Å². The van der Waals surface area contributed by atoms with E-state index in [0.717, 1.165) is 12.0 Å². The topological polar surface area (TPSA) is 15.3 Å². The van der Waals surface area contributed by atoms with Crippen molar-refractivity contribution in [2.24, 2.45) is 5.92 Å². The van der Waals surface area contributed by atoms with Gasteiger partial charge in [0.1, 0.15) is 0 Å². The summed E-state index contributed by atoms with van der Waals surface area (Å²) < 4.78 is 0. The highest BCUT2D eigenvalue weighted by Crippen LogP contribution is 2.25. The SMILES string of the molecule is CN1CCC(NCCC2CCCCC2)CC1. The summed E-state index contributed by atoms with van der Waals surface area (Å²) in [5.41, 5.74) is 0. The average molecular weight is 224 g/mol. The summed E-state index contributed by atoms with van der Waals surface area (Å²) in [6.45, 7) is 3.82. The molecule has 94 valence electrons. The van der Waals surface area contributed by atoms with Crippen molar-refractivity contribution in [3.05, 3.63) is 0 Å². The zero-order chi connectivity index (χ0) is 11.2. The van der Waals surface area contributed by atoms with Crippen LogP contribution in [0, 0.1) is 5.92 Å². The molecule has 0 aromatic carbocycles. The van der Waals surface area contributed by atoms with Crippen LogP contribution in [0.25, 0.3) is 0 Å². The predicted octanol–water partition coefficient (Wildman–Crippen LogP) is 2.64. The standard InChI is InChI=1S/C14H28N2/c1-16-11-8-14(9-12-16)15-10-7-13-5-3-2-4-6-13/h13-15H,2-12H2,1H3. The fourth-order valence-corrected chi connectivity index (χ4v) is 3.18. The van der Waals surface area contributed by atoms with E-state index in [9.17, 15) is 0 Å². The second kappa shape index (κ2) is 6.61. The normalized spacial score (nSPS) is 26.1. The highest BCUT2D eigenvalue weighted by molar-refractivity contribution is 4.76. The van der Waals surface area contributed by atoms with Crippen molar-refractivity contribution in [3.8, 4) is 0 Å². The molecule has 0 spiro atoms. The molecule has 1 saturated carbocycles. The molecular formula is C14H28N2. The molecule has 2 rings (SSSR count). The minimum absolute atomic E-state index is 0.805. The van der Waals surface area contributed by atoms with E-state index in [1.54, 1.807) is 0 Å². The monoisotopic (exact) mass is 224 g/mol. The quantitative estimate of drug-likeness (QED) is 0.790. The molecule has 2 fully saturated rings.